The first-order chi connectivity index (χ1) is 8.94. The summed E-state index contributed by atoms with van der Waals surface area (Å²) in [5, 5.41) is 0. The van der Waals surface area contributed by atoms with Gasteiger partial charge in [0.15, 0.2) is 0 Å². The van der Waals surface area contributed by atoms with Crippen molar-refractivity contribution in [1.29, 1.82) is 0 Å². The van der Waals surface area contributed by atoms with Crippen molar-refractivity contribution in [2.75, 3.05) is 4.43 Å². The van der Waals surface area contributed by atoms with Crippen molar-refractivity contribution in [2.45, 2.75) is 65.2 Å². The first-order valence-electron chi connectivity index (χ1n) is 6.76. The lowest BCUT2D eigenvalue weighted by molar-refractivity contribution is -0.000937. The van der Waals surface area contributed by atoms with Crippen molar-refractivity contribution in [3.05, 3.63) is 0 Å². The minimum absolute atomic E-state index is 0.100. The van der Waals surface area contributed by atoms with Crippen molar-refractivity contribution in [3.8, 4) is 0 Å². The number of carbonyl (C=O) groups is 2. The van der Waals surface area contributed by atoms with Crippen LogP contribution in [0.4, 0.5) is 9.59 Å². The van der Waals surface area contributed by atoms with Crippen molar-refractivity contribution in [1.82, 2.24) is 4.90 Å². The molecule has 0 N–H and O–H groups in total. The molecule has 0 radical (unpaired) electrons. The quantitative estimate of drug-likeness (QED) is 0.523. The Labute approximate surface area is 134 Å². The minimum atomic E-state index is -0.633. The van der Waals surface area contributed by atoms with Crippen molar-refractivity contribution >= 4 is 34.8 Å². The number of nitrogens with zero attached hydrogens (tertiary/aromatic N) is 1. The maximum atomic E-state index is 12.2. The van der Waals surface area contributed by atoms with E-state index in [2.05, 4.69) is 22.6 Å². The smallest absolute Gasteiger partial charge is 0.420 e. The summed E-state index contributed by atoms with van der Waals surface area (Å²) in [5.41, 5.74) is -1.27. The van der Waals surface area contributed by atoms with Gasteiger partial charge in [-0.3, -0.25) is 0 Å². The Bertz CT molecular complexity index is 356. The molecule has 2 atom stereocenters. The number of alkyl halides is 1. The number of hydrogen-bond acceptors (Lipinski definition) is 4. The zero-order valence-corrected chi connectivity index (χ0v) is 15.2. The fraction of sp³-hybridized carbons (Fsp3) is 0.857. The van der Waals surface area contributed by atoms with E-state index < -0.39 is 23.4 Å². The first-order valence-corrected chi connectivity index (χ1v) is 8.28. The topological polar surface area (TPSA) is 55.8 Å². The maximum absolute atomic E-state index is 12.2. The summed E-state index contributed by atoms with van der Waals surface area (Å²) in [4.78, 5) is 25.6. The van der Waals surface area contributed by atoms with Crippen LogP contribution in [0.2, 0.25) is 0 Å². The predicted octanol–water partition coefficient (Wildman–Crippen LogP) is 3.98. The highest BCUT2D eigenvalue weighted by Crippen LogP contribution is 2.38. The van der Waals surface area contributed by atoms with Gasteiger partial charge in [0.2, 0.25) is 0 Å². The molecule has 0 aromatic heterocycles. The first kappa shape index (κ1) is 17.5. The van der Waals surface area contributed by atoms with Crippen LogP contribution in [0.25, 0.3) is 0 Å². The number of ether oxygens (including phenoxy) is 2. The van der Waals surface area contributed by atoms with E-state index in [0.29, 0.717) is 5.92 Å². The van der Waals surface area contributed by atoms with E-state index >= 15 is 0 Å². The lowest BCUT2D eigenvalue weighted by Crippen LogP contribution is -2.45. The van der Waals surface area contributed by atoms with Gasteiger partial charge in [0.25, 0.3) is 0 Å². The monoisotopic (exact) mass is 397 g/mol. The molecule has 20 heavy (non-hydrogen) atoms. The zero-order chi connectivity index (χ0) is 15.7. The number of imide groups is 1. The van der Waals surface area contributed by atoms with Crippen molar-refractivity contribution in [2.24, 2.45) is 5.92 Å². The Balaban J connectivity index is 2.81. The van der Waals surface area contributed by atoms with E-state index in [1.54, 1.807) is 41.5 Å². The van der Waals surface area contributed by atoms with E-state index in [1.165, 1.54) is 0 Å². The predicted molar refractivity (Wildman–Crippen MR) is 85.1 cm³/mol. The average Bonchev–Trinajstić information content (AvgIpc) is 2.91. The van der Waals surface area contributed by atoms with Gasteiger partial charge in [0, 0.05) is 4.43 Å². The molecule has 6 heteroatoms. The van der Waals surface area contributed by atoms with Gasteiger partial charge in [0.1, 0.15) is 11.2 Å². The molecule has 0 heterocycles. The zero-order valence-electron chi connectivity index (χ0n) is 13.0. The number of rotatable bonds is 2. The summed E-state index contributed by atoms with van der Waals surface area (Å²) in [6, 6.07) is -0.100. The summed E-state index contributed by atoms with van der Waals surface area (Å²) in [6.07, 6.45) is -0.422. The van der Waals surface area contributed by atoms with Gasteiger partial charge in [-0.05, 0) is 53.9 Å². The van der Waals surface area contributed by atoms with Crippen molar-refractivity contribution in [3.63, 3.8) is 0 Å². The lowest BCUT2D eigenvalue weighted by Gasteiger charge is -2.28. The Morgan fingerprint density at radius 1 is 1.05 bits per heavy atom. The molecule has 2 amide bonds. The van der Waals surface area contributed by atoms with Gasteiger partial charge in [-0.15, -0.1) is 0 Å². The Morgan fingerprint density at radius 2 is 1.45 bits per heavy atom. The molecule has 1 aliphatic carbocycles. The second kappa shape index (κ2) is 6.07. The molecule has 1 aliphatic rings. The molecule has 1 saturated carbocycles. The fourth-order valence-electron chi connectivity index (χ4n) is 1.68. The van der Waals surface area contributed by atoms with E-state index in [-0.39, 0.29) is 6.04 Å². The van der Waals surface area contributed by atoms with Gasteiger partial charge in [0.05, 0.1) is 6.04 Å². The summed E-state index contributed by atoms with van der Waals surface area (Å²) >= 11 is 2.26. The van der Waals surface area contributed by atoms with Gasteiger partial charge in [-0.25, -0.2) is 14.5 Å². The highest BCUT2D eigenvalue weighted by atomic mass is 127. The molecule has 1 fully saturated rings. The van der Waals surface area contributed by atoms with Crippen molar-refractivity contribution < 1.29 is 19.1 Å². The largest absolute Gasteiger partial charge is 0.443 e. The van der Waals surface area contributed by atoms with Crippen LogP contribution >= 0.6 is 22.6 Å². The normalized spacial score (nSPS) is 22.1. The van der Waals surface area contributed by atoms with Gasteiger partial charge >= 0.3 is 12.2 Å². The molecule has 0 saturated heterocycles. The van der Waals surface area contributed by atoms with Gasteiger partial charge in [-0.2, -0.15) is 0 Å². The molecular formula is C14H24INO4. The summed E-state index contributed by atoms with van der Waals surface area (Å²) in [5.74, 6) is 0.343. The van der Waals surface area contributed by atoms with E-state index in [0.717, 1.165) is 15.7 Å². The molecular weight excluding hydrogens is 373 g/mol. The van der Waals surface area contributed by atoms with Crippen LogP contribution in [0.5, 0.6) is 0 Å². The second-order valence-electron chi connectivity index (χ2n) is 7.05. The third-order valence-electron chi connectivity index (χ3n) is 2.60. The summed E-state index contributed by atoms with van der Waals surface area (Å²) in [7, 11) is 0. The molecule has 0 unspecified atom stereocenters. The van der Waals surface area contributed by atoms with Crippen LogP contribution < -0.4 is 0 Å². The van der Waals surface area contributed by atoms with Crippen LogP contribution in [0.3, 0.4) is 0 Å². The van der Waals surface area contributed by atoms with E-state index in [4.69, 9.17) is 9.47 Å². The molecule has 0 aromatic carbocycles. The molecule has 0 aliphatic heterocycles. The highest BCUT2D eigenvalue weighted by Gasteiger charge is 2.48. The molecule has 1 rings (SSSR count). The Kier molecular flexibility index (Phi) is 5.32. The standard InChI is InChI=1S/C14H24INO4/c1-13(2,3)19-11(17)16(10-7-9(10)8-15)12(18)20-14(4,5)6/h9-10H,7-8H2,1-6H3/t9-,10+/m0/s1. The molecule has 5 nitrogen and oxygen atoms in total. The third-order valence-corrected chi connectivity index (χ3v) is 3.73. The highest BCUT2D eigenvalue weighted by molar-refractivity contribution is 14.1. The number of amides is 2. The molecule has 0 bridgehead atoms. The fourth-order valence-corrected chi connectivity index (χ4v) is 2.63. The van der Waals surface area contributed by atoms with Gasteiger partial charge < -0.3 is 9.47 Å². The number of carbonyl (C=O) groups excluding carboxylic acids is 2. The van der Waals surface area contributed by atoms with Crippen LogP contribution in [-0.4, -0.2) is 38.8 Å². The summed E-state index contributed by atoms with van der Waals surface area (Å²) in [6.45, 7) is 10.7. The van der Waals surface area contributed by atoms with Crippen LogP contribution in [0, 0.1) is 5.92 Å². The number of halogens is 1. The van der Waals surface area contributed by atoms with Gasteiger partial charge in [-0.1, -0.05) is 22.6 Å². The molecule has 0 spiro atoms. The SMILES string of the molecule is CC(C)(C)OC(=O)N(C(=O)OC(C)(C)C)[C@@H]1C[C@H]1CI. The Hall–Kier alpha value is -0.530. The minimum Gasteiger partial charge on any atom is -0.443 e. The van der Waals surface area contributed by atoms with Crippen LogP contribution in [-0.2, 0) is 9.47 Å². The van der Waals surface area contributed by atoms with Crippen LogP contribution in [0.15, 0.2) is 0 Å². The third kappa shape index (κ3) is 5.46. The average molecular weight is 397 g/mol. The van der Waals surface area contributed by atoms with E-state index in [1.807, 2.05) is 0 Å². The Morgan fingerprint density at radius 3 is 1.70 bits per heavy atom. The number of hydrogen-bond donors (Lipinski definition) is 0. The lowest BCUT2D eigenvalue weighted by atomic mass is 10.2. The summed E-state index contributed by atoms with van der Waals surface area (Å²) < 4.78 is 11.5. The van der Waals surface area contributed by atoms with E-state index in [9.17, 15) is 9.59 Å². The maximum Gasteiger partial charge on any atom is 0.420 e. The van der Waals surface area contributed by atoms with Crippen LogP contribution in [0.1, 0.15) is 48.0 Å². The second-order valence-corrected chi connectivity index (χ2v) is 7.93. The molecule has 0 aromatic rings. The molecule has 116 valence electrons.